The van der Waals surface area contributed by atoms with Gasteiger partial charge in [-0.3, -0.25) is 0 Å². The minimum atomic E-state index is -0.355. The first-order valence-electron chi connectivity index (χ1n) is 10.1. The molecule has 1 aromatic heterocycles. The first kappa shape index (κ1) is 21.2. The molecule has 1 fully saturated rings. The molecule has 0 saturated carbocycles. The SMILES string of the molecule is Clc1ccc(OC2CCCC(COC(Cc3ccccc3)n3ccnc3)O2)c(Cl)c1. The van der Waals surface area contributed by atoms with E-state index >= 15 is 0 Å². The molecule has 3 atom stereocenters. The molecule has 1 saturated heterocycles. The maximum atomic E-state index is 6.27. The lowest BCUT2D eigenvalue weighted by Crippen LogP contribution is -2.35. The molecule has 1 aliphatic rings. The van der Waals surface area contributed by atoms with Crippen LogP contribution in [0.2, 0.25) is 10.0 Å². The third-order valence-corrected chi connectivity index (χ3v) is 5.58. The Bertz CT molecular complexity index is 921. The van der Waals surface area contributed by atoms with Crippen LogP contribution in [-0.2, 0) is 15.9 Å². The van der Waals surface area contributed by atoms with Crippen molar-refractivity contribution >= 4 is 23.2 Å². The summed E-state index contributed by atoms with van der Waals surface area (Å²) in [6.07, 6.45) is 8.41. The number of imidazole rings is 1. The Kier molecular flexibility index (Phi) is 7.28. The van der Waals surface area contributed by atoms with Gasteiger partial charge in [0.2, 0.25) is 0 Å². The lowest BCUT2D eigenvalue weighted by atomic mass is 10.1. The molecule has 0 spiro atoms. The van der Waals surface area contributed by atoms with Gasteiger partial charge in [-0.1, -0.05) is 53.5 Å². The van der Waals surface area contributed by atoms with Crippen molar-refractivity contribution in [3.8, 4) is 5.75 Å². The van der Waals surface area contributed by atoms with Crippen LogP contribution in [0.4, 0.5) is 0 Å². The van der Waals surface area contributed by atoms with Gasteiger partial charge in [-0.05, 0) is 36.6 Å². The van der Waals surface area contributed by atoms with Crippen LogP contribution in [0.5, 0.6) is 5.75 Å². The number of benzene rings is 2. The maximum absolute atomic E-state index is 6.27. The third-order valence-electron chi connectivity index (χ3n) is 5.05. The molecule has 1 aliphatic heterocycles. The average molecular weight is 447 g/mol. The summed E-state index contributed by atoms with van der Waals surface area (Å²) in [4.78, 5) is 4.16. The molecule has 30 heavy (non-hydrogen) atoms. The second-order valence-corrected chi connectivity index (χ2v) is 8.14. The molecule has 3 unspecified atom stereocenters. The van der Waals surface area contributed by atoms with E-state index in [1.807, 2.05) is 29.0 Å². The van der Waals surface area contributed by atoms with Crippen LogP contribution in [0.1, 0.15) is 31.1 Å². The highest BCUT2D eigenvalue weighted by Gasteiger charge is 2.26. The molecular formula is C23H24Cl2N2O3. The van der Waals surface area contributed by atoms with Crippen molar-refractivity contribution in [3.63, 3.8) is 0 Å². The molecule has 0 bridgehead atoms. The van der Waals surface area contributed by atoms with E-state index in [-0.39, 0.29) is 18.6 Å². The van der Waals surface area contributed by atoms with Crippen molar-refractivity contribution in [2.75, 3.05) is 6.61 Å². The number of rotatable bonds is 8. The summed E-state index contributed by atoms with van der Waals surface area (Å²) in [5, 5.41) is 1.06. The molecule has 0 N–H and O–H groups in total. The minimum absolute atomic E-state index is 0.0448. The van der Waals surface area contributed by atoms with Crippen molar-refractivity contribution < 1.29 is 14.2 Å². The fourth-order valence-electron chi connectivity index (χ4n) is 3.51. The predicted octanol–water partition coefficient (Wildman–Crippen LogP) is 5.92. The van der Waals surface area contributed by atoms with Crippen molar-refractivity contribution in [3.05, 3.63) is 82.9 Å². The monoisotopic (exact) mass is 446 g/mol. The molecule has 0 radical (unpaired) electrons. The number of ether oxygens (including phenoxy) is 3. The minimum Gasteiger partial charge on any atom is -0.463 e. The first-order valence-corrected chi connectivity index (χ1v) is 10.8. The van der Waals surface area contributed by atoms with Crippen molar-refractivity contribution in [1.82, 2.24) is 9.55 Å². The summed E-state index contributed by atoms with van der Waals surface area (Å²) in [6, 6.07) is 15.5. The number of aromatic nitrogens is 2. The molecule has 5 nitrogen and oxygen atoms in total. The van der Waals surface area contributed by atoms with Gasteiger partial charge < -0.3 is 18.8 Å². The zero-order valence-corrected chi connectivity index (χ0v) is 18.0. The van der Waals surface area contributed by atoms with Gasteiger partial charge in [0.1, 0.15) is 12.0 Å². The Morgan fingerprint density at radius 3 is 2.77 bits per heavy atom. The molecule has 2 heterocycles. The fourth-order valence-corrected chi connectivity index (χ4v) is 3.96. The third kappa shape index (κ3) is 5.76. The summed E-state index contributed by atoms with van der Waals surface area (Å²) in [7, 11) is 0. The summed E-state index contributed by atoms with van der Waals surface area (Å²) in [5.74, 6) is 0.577. The van der Waals surface area contributed by atoms with Gasteiger partial charge in [-0.15, -0.1) is 0 Å². The zero-order chi connectivity index (χ0) is 20.8. The molecule has 0 amide bonds. The topological polar surface area (TPSA) is 45.5 Å². The van der Waals surface area contributed by atoms with Crippen molar-refractivity contribution in [1.29, 1.82) is 0 Å². The standard InChI is InChI=1S/C23H24Cl2N2O3/c24-18-9-10-21(20(25)14-18)30-23-8-4-7-19(29-23)15-28-22(27-12-11-26-16-27)13-17-5-2-1-3-6-17/h1-3,5-6,9-12,14,16,19,22-23H,4,7-8,13,15H2. The molecular weight excluding hydrogens is 423 g/mol. The van der Waals surface area contributed by atoms with Crippen molar-refractivity contribution in [2.45, 2.75) is 44.3 Å². The van der Waals surface area contributed by atoms with E-state index in [1.165, 1.54) is 5.56 Å². The van der Waals surface area contributed by atoms with Crippen LogP contribution in [0, 0.1) is 0 Å². The Morgan fingerprint density at radius 2 is 2.00 bits per heavy atom. The van der Waals surface area contributed by atoms with Gasteiger partial charge in [-0.25, -0.2) is 4.98 Å². The lowest BCUT2D eigenvalue weighted by Gasteiger charge is -2.31. The fraction of sp³-hybridized carbons (Fsp3) is 0.348. The zero-order valence-electron chi connectivity index (χ0n) is 16.5. The summed E-state index contributed by atoms with van der Waals surface area (Å²) >= 11 is 12.2. The van der Waals surface area contributed by atoms with Crippen LogP contribution in [0.25, 0.3) is 0 Å². The lowest BCUT2D eigenvalue weighted by molar-refractivity contribution is -0.174. The maximum Gasteiger partial charge on any atom is 0.200 e. The molecule has 158 valence electrons. The van der Waals surface area contributed by atoms with Gasteiger partial charge in [0.25, 0.3) is 0 Å². The first-order chi connectivity index (χ1) is 14.7. The van der Waals surface area contributed by atoms with Crippen LogP contribution in [0.3, 0.4) is 0 Å². The second kappa shape index (κ2) is 10.3. The van der Waals surface area contributed by atoms with Gasteiger partial charge >= 0.3 is 0 Å². The highest BCUT2D eigenvalue weighted by molar-refractivity contribution is 6.35. The van der Waals surface area contributed by atoms with Gasteiger partial charge in [0, 0.05) is 30.3 Å². The summed E-state index contributed by atoms with van der Waals surface area (Å²) in [5.41, 5.74) is 1.21. The molecule has 7 heteroatoms. The average Bonchev–Trinajstić information content (AvgIpc) is 3.29. The van der Waals surface area contributed by atoms with Gasteiger partial charge in [-0.2, -0.15) is 0 Å². The highest BCUT2D eigenvalue weighted by atomic mass is 35.5. The van der Waals surface area contributed by atoms with Crippen LogP contribution in [0.15, 0.2) is 67.3 Å². The predicted molar refractivity (Wildman–Crippen MR) is 117 cm³/mol. The van der Waals surface area contributed by atoms with Crippen LogP contribution >= 0.6 is 23.2 Å². The van der Waals surface area contributed by atoms with E-state index in [0.717, 1.165) is 25.7 Å². The van der Waals surface area contributed by atoms with E-state index in [4.69, 9.17) is 37.4 Å². The summed E-state index contributed by atoms with van der Waals surface area (Å²) < 4.78 is 20.3. The number of hydrogen-bond donors (Lipinski definition) is 0. The Labute approximate surface area is 186 Å². The quantitative estimate of drug-likeness (QED) is 0.430. The number of hydrogen-bond acceptors (Lipinski definition) is 4. The number of nitrogens with zero attached hydrogens (tertiary/aromatic N) is 2. The van der Waals surface area contributed by atoms with Crippen LogP contribution < -0.4 is 4.74 Å². The van der Waals surface area contributed by atoms with E-state index in [2.05, 4.69) is 17.1 Å². The largest absolute Gasteiger partial charge is 0.463 e. The normalized spacial score (nSPS) is 20.1. The second-order valence-electron chi connectivity index (χ2n) is 7.30. The van der Waals surface area contributed by atoms with Gasteiger partial charge in [0.05, 0.1) is 24.1 Å². The van der Waals surface area contributed by atoms with E-state index in [9.17, 15) is 0 Å². The highest BCUT2D eigenvalue weighted by Crippen LogP contribution is 2.31. The van der Waals surface area contributed by atoms with Crippen LogP contribution in [-0.4, -0.2) is 28.6 Å². The molecule has 4 rings (SSSR count). The summed E-state index contributed by atoms with van der Waals surface area (Å²) in [6.45, 7) is 0.476. The van der Waals surface area contributed by atoms with E-state index in [0.29, 0.717) is 22.4 Å². The molecule has 3 aromatic rings. The Morgan fingerprint density at radius 1 is 1.13 bits per heavy atom. The Hall–Kier alpha value is -2.05. The molecule has 0 aliphatic carbocycles. The van der Waals surface area contributed by atoms with Gasteiger partial charge in [0.15, 0.2) is 6.29 Å². The van der Waals surface area contributed by atoms with Crippen molar-refractivity contribution in [2.24, 2.45) is 0 Å². The number of halogens is 2. The Balaban J connectivity index is 1.35. The van der Waals surface area contributed by atoms with E-state index in [1.54, 1.807) is 30.7 Å². The molecule has 2 aromatic carbocycles. The smallest absolute Gasteiger partial charge is 0.200 e. The van der Waals surface area contributed by atoms with E-state index < -0.39 is 0 Å².